The Hall–Kier alpha value is -2.29. The Morgan fingerprint density at radius 2 is 1.81 bits per heavy atom. The summed E-state index contributed by atoms with van der Waals surface area (Å²) in [6.07, 6.45) is -4.58. The summed E-state index contributed by atoms with van der Waals surface area (Å²) >= 11 is 0. The van der Waals surface area contributed by atoms with Crippen LogP contribution in [0.5, 0.6) is 5.75 Å². The quantitative estimate of drug-likeness (QED) is 0.830. The predicted molar refractivity (Wildman–Crippen MR) is 86.3 cm³/mol. The van der Waals surface area contributed by atoms with Crippen LogP contribution in [0.3, 0.4) is 0 Å². The van der Waals surface area contributed by atoms with E-state index in [4.69, 9.17) is 4.74 Å². The van der Waals surface area contributed by atoms with E-state index in [0.717, 1.165) is 0 Å². The zero-order valence-electron chi connectivity index (χ0n) is 14.3. The lowest BCUT2D eigenvalue weighted by Crippen LogP contribution is -2.41. The first-order chi connectivity index (χ1) is 12.2. The van der Waals surface area contributed by atoms with Gasteiger partial charge in [0.1, 0.15) is 5.75 Å². The Morgan fingerprint density at radius 3 is 2.38 bits per heavy atom. The van der Waals surface area contributed by atoms with E-state index in [-0.39, 0.29) is 30.4 Å². The van der Waals surface area contributed by atoms with Gasteiger partial charge in [-0.05, 0) is 24.6 Å². The maximum absolute atomic E-state index is 12.1. The van der Waals surface area contributed by atoms with E-state index >= 15 is 0 Å². The molecule has 0 radical (unpaired) electrons. The van der Waals surface area contributed by atoms with Crippen LogP contribution in [0.4, 0.5) is 13.2 Å². The number of benzene rings is 1. The maximum Gasteiger partial charge on any atom is 0.573 e. The number of ether oxygens (including phenoxy) is 2. The standard InChI is InChI=1S/C17H21F3N2O4/c1-12(13-2-4-14(5-3-13)26-17(18,19)20)21-15(23)6-7-16(24)22-8-10-25-11-9-22/h2-5,12H,6-11H2,1H3,(H,21,23)/t12-/m1/s1. The van der Waals surface area contributed by atoms with Gasteiger partial charge in [0.05, 0.1) is 19.3 Å². The van der Waals surface area contributed by atoms with Gasteiger partial charge in [-0.25, -0.2) is 0 Å². The fourth-order valence-electron chi connectivity index (χ4n) is 2.55. The molecule has 144 valence electrons. The molecule has 1 heterocycles. The summed E-state index contributed by atoms with van der Waals surface area (Å²) in [6, 6.07) is 4.87. The minimum atomic E-state index is -4.74. The predicted octanol–water partition coefficient (Wildman–Crippen LogP) is 2.40. The molecule has 1 atom stereocenters. The summed E-state index contributed by atoms with van der Waals surface area (Å²) in [5.74, 6) is -0.713. The molecule has 0 spiro atoms. The summed E-state index contributed by atoms with van der Waals surface area (Å²) in [5, 5.41) is 2.72. The fraction of sp³-hybridized carbons (Fsp3) is 0.529. The number of hydrogen-bond acceptors (Lipinski definition) is 4. The molecule has 1 aliphatic heterocycles. The van der Waals surface area contributed by atoms with Crippen LogP contribution >= 0.6 is 0 Å². The Kier molecular flexibility index (Phi) is 6.84. The van der Waals surface area contributed by atoms with Crippen molar-refractivity contribution in [1.82, 2.24) is 10.2 Å². The molecule has 0 bridgehead atoms. The van der Waals surface area contributed by atoms with Crippen molar-refractivity contribution in [1.29, 1.82) is 0 Å². The number of halogens is 3. The normalized spacial score (nSPS) is 16.1. The van der Waals surface area contributed by atoms with Gasteiger partial charge < -0.3 is 19.7 Å². The number of nitrogens with one attached hydrogen (secondary N) is 1. The van der Waals surface area contributed by atoms with Gasteiger partial charge in [-0.15, -0.1) is 13.2 Å². The molecule has 26 heavy (non-hydrogen) atoms. The van der Waals surface area contributed by atoms with Crippen LogP contribution in [0.15, 0.2) is 24.3 Å². The van der Waals surface area contributed by atoms with Gasteiger partial charge in [0.25, 0.3) is 0 Å². The number of carbonyl (C=O) groups is 2. The SMILES string of the molecule is C[C@@H](NC(=O)CCC(=O)N1CCOCC1)c1ccc(OC(F)(F)F)cc1. The summed E-state index contributed by atoms with van der Waals surface area (Å²) in [4.78, 5) is 25.6. The van der Waals surface area contributed by atoms with Crippen molar-refractivity contribution in [2.24, 2.45) is 0 Å². The minimum absolute atomic E-state index is 0.0514. The number of amides is 2. The molecule has 0 aliphatic carbocycles. The van der Waals surface area contributed by atoms with Crippen molar-refractivity contribution in [3.8, 4) is 5.75 Å². The maximum atomic E-state index is 12.1. The second kappa shape index (κ2) is 8.88. The molecule has 1 aromatic carbocycles. The smallest absolute Gasteiger partial charge is 0.406 e. The highest BCUT2D eigenvalue weighted by molar-refractivity contribution is 5.84. The van der Waals surface area contributed by atoms with Crippen LogP contribution < -0.4 is 10.1 Å². The topological polar surface area (TPSA) is 67.9 Å². The molecule has 0 aromatic heterocycles. The van der Waals surface area contributed by atoms with Crippen molar-refractivity contribution in [2.75, 3.05) is 26.3 Å². The summed E-state index contributed by atoms with van der Waals surface area (Å²) in [7, 11) is 0. The number of nitrogens with zero attached hydrogens (tertiary/aromatic N) is 1. The second-order valence-electron chi connectivity index (χ2n) is 5.90. The van der Waals surface area contributed by atoms with Gasteiger partial charge in [-0.3, -0.25) is 9.59 Å². The number of hydrogen-bond donors (Lipinski definition) is 1. The Balaban J connectivity index is 1.78. The van der Waals surface area contributed by atoms with Gasteiger partial charge in [0, 0.05) is 25.9 Å². The average molecular weight is 374 g/mol. The lowest BCUT2D eigenvalue weighted by atomic mass is 10.1. The van der Waals surface area contributed by atoms with Crippen LogP contribution in [-0.4, -0.2) is 49.4 Å². The molecule has 2 amide bonds. The van der Waals surface area contributed by atoms with Gasteiger partial charge in [0.15, 0.2) is 0 Å². The molecule has 1 aromatic rings. The van der Waals surface area contributed by atoms with Crippen molar-refractivity contribution in [3.05, 3.63) is 29.8 Å². The number of rotatable bonds is 6. The highest BCUT2D eigenvalue weighted by Crippen LogP contribution is 2.24. The Labute approximate surface area is 149 Å². The molecule has 0 unspecified atom stereocenters. The van der Waals surface area contributed by atoms with Gasteiger partial charge in [-0.2, -0.15) is 0 Å². The first-order valence-electron chi connectivity index (χ1n) is 8.25. The molecule has 1 fully saturated rings. The molecular formula is C17H21F3N2O4. The fourth-order valence-corrected chi connectivity index (χ4v) is 2.55. The molecule has 0 saturated carbocycles. The summed E-state index contributed by atoms with van der Waals surface area (Å²) in [5.41, 5.74) is 0.632. The minimum Gasteiger partial charge on any atom is -0.406 e. The lowest BCUT2D eigenvalue weighted by Gasteiger charge is -2.26. The number of morpholine rings is 1. The largest absolute Gasteiger partial charge is 0.573 e. The summed E-state index contributed by atoms with van der Waals surface area (Å²) < 4.78 is 45.4. The third-order valence-electron chi connectivity index (χ3n) is 3.92. The van der Waals surface area contributed by atoms with Gasteiger partial charge in [0.2, 0.25) is 11.8 Å². The first-order valence-corrected chi connectivity index (χ1v) is 8.25. The van der Waals surface area contributed by atoms with E-state index in [1.165, 1.54) is 24.3 Å². The highest BCUT2D eigenvalue weighted by atomic mass is 19.4. The molecule has 9 heteroatoms. The Bertz CT molecular complexity index is 613. The van der Waals surface area contributed by atoms with E-state index in [9.17, 15) is 22.8 Å². The number of alkyl halides is 3. The highest BCUT2D eigenvalue weighted by Gasteiger charge is 2.31. The van der Waals surface area contributed by atoms with Crippen LogP contribution in [0.1, 0.15) is 31.4 Å². The third kappa shape index (κ3) is 6.55. The van der Waals surface area contributed by atoms with Crippen LogP contribution in [0.25, 0.3) is 0 Å². The molecule has 6 nitrogen and oxygen atoms in total. The van der Waals surface area contributed by atoms with E-state index in [2.05, 4.69) is 10.1 Å². The first kappa shape index (κ1) is 20.0. The van der Waals surface area contributed by atoms with Crippen molar-refractivity contribution in [3.63, 3.8) is 0 Å². The lowest BCUT2D eigenvalue weighted by molar-refractivity contribution is -0.274. The van der Waals surface area contributed by atoms with E-state index < -0.39 is 12.4 Å². The average Bonchev–Trinajstić information content (AvgIpc) is 2.59. The molecule has 1 saturated heterocycles. The van der Waals surface area contributed by atoms with Crippen LogP contribution in [-0.2, 0) is 14.3 Å². The van der Waals surface area contributed by atoms with Crippen molar-refractivity contribution >= 4 is 11.8 Å². The zero-order valence-corrected chi connectivity index (χ0v) is 14.3. The van der Waals surface area contributed by atoms with E-state index in [0.29, 0.717) is 31.9 Å². The van der Waals surface area contributed by atoms with Crippen molar-refractivity contribution in [2.45, 2.75) is 32.2 Å². The van der Waals surface area contributed by atoms with Crippen molar-refractivity contribution < 1.29 is 32.2 Å². The molecule has 2 rings (SSSR count). The molecular weight excluding hydrogens is 353 g/mol. The van der Waals surface area contributed by atoms with E-state index in [1.54, 1.807) is 11.8 Å². The molecule has 1 N–H and O–H groups in total. The van der Waals surface area contributed by atoms with Crippen LogP contribution in [0, 0.1) is 0 Å². The number of carbonyl (C=O) groups excluding carboxylic acids is 2. The second-order valence-corrected chi connectivity index (χ2v) is 5.90. The van der Waals surface area contributed by atoms with Gasteiger partial charge in [-0.1, -0.05) is 12.1 Å². The third-order valence-corrected chi connectivity index (χ3v) is 3.92. The van der Waals surface area contributed by atoms with Gasteiger partial charge >= 0.3 is 6.36 Å². The summed E-state index contributed by atoms with van der Waals surface area (Å²) in [6.45, 7) is 3.78. The van der Waals surface area contributed by atoms with Crippen LogP contribution in [0.2, 0.25) is 0 Å². The molecule has 1 aliphatic rings. The zero-order chi connectivity index (χ0) is 19.2. The monoisotopic (exact) mass is 374 g/mol. The Morgan fingerprint density at radius 1 is 1.19 bits per heavy atom. The van der Waals surface area contributed by atoms with E-state index in [1.807, 2.05) is 0 Å².